The lowest BCUT2D eigenvalue weighted by Crippen LogP contribution is -2.34. The van der Waals surface area contributed by atoms with Crippen LogP contribution in [0.5, 0.6) is 0 Å². The second-order valence-corrected chi connectivity index (χ2v) is 4.94. The Kier molecular flexibility index (Phi) is 3.47. The summed E-state index contributed by atoms with van der Waals surface area (Å²) >= 11 is 0. The van der Waals surface area contributed by atoms with Crippen LogP contribution in [0.15, 0.2) is 12.1 Å². The fourth-order valence-electron chi connectivity index (χ4n) is 2.47. The van der Waals surface area contributed by atoms with Gasteiger partial charge >= 0.3 is 11.7 Å². The third kappa shape index (κ3) is 2.24. The summed E-state index contributed by atoms with van der Waals surface area (Å²) in [5.74, 6) is -0.501. The normalized spacial score (nSPS) is 21.9. The molecule has 20 heavy (non-hydrogen) atoms. The van der Waals surface area contributed by atoms with Gasteiger partial charge in [0.1, 0.15) is 5.82 Å². The second kappa shape index (κ2) is 4.95. The maximum absolute atomic E-state index is 11.4. The van der Waals surface area contributed by atoms with E-state index in [0.717, 1.165) is 0 Å². The number of nitro groups is 1. The number of nitrogen functional groups attached to an aromatic ring is 1. The van der Waals surface area contributed by atoms with Gasteiger partial charge in [-0.15, -0.1) is 0 Å². The molecule has 0 aromatic carbocycles. The van der Waals surface area contributed by atoms with Crippen molar-refractivity contribution in [3.05, 3.63) is 22.2 Å². The van der Waals surface area contributed by atoms with Crippen molar-refractivity contribution in [2.24, 2.45) is 5.41 Å². The Balaban J connectivity index is 2.25. The summed E-state index contributed by atoms with van der Waals surface area (Å²) in [6, 6.07) is 2.80. The van der Waals surface area contributed by atoms with E-state index in [-0.39, 0.29) is 11.5 Å². The Morgan fingerprint density at radius 2 is 2.35 bits per heavy atom. The topological polar surface area (TPSA) is 123 Å². The van der Waals surface area contributed by atoms with Crippen molar-refractivity contribution in [2.45, 2.75) is 19.8 Å². The van der Waals surface area contributed by atoms with E-state index in [9.17, 15) is 20.0 Å². The largest absolute Gasteiger partial charge is 0.481 e. The molecule has 1 fully saturated rings. The fourth-order valence-corrected chi connectivity index (χ4v) is 2.47. The number of hydrogen-bond donors (Lipinski definition) is 2. The molecule has 0 amide bonds. The molecule has 1 unspecified atom stereocenters. The number of nitrogens with two attached hydrogens (primary N) is 1. The number of anilines is 2. The molecule has 2 heterocycles. The van der Waals surface area contributed by atoms with E-state index >= 15 is 0 Å². The molecule has 1 aromatic rings. The lowest BCUT2D eigenvalue weighted by atomic mass is 9.84. The van der Waals surface area contributed by atoms with Gasteiger partial charge in [0.2, 0.25) is 5.82 Å². The first-order valence-corrected chi connectivity index (χ1v) is 6.29. The zero-order valence-corrected chi connectivity index (χ0v) is 11.1. The molecular weight excluding hydrogens is 264 g/mol. The van der Waals surface area contributed by atoms with Gasteiger partial charge in [0, 0.05) is 19.2 Å². The van der Waals surface area contributed by atoms with Crippen molar-refractivity contribution in [1.29, 1.82) is 0 Å². The highest BCUT2D eigenvalue weighted by molar-refractivity contribution is 5.76. The number of hydrogen-bond acceptors (Lipinski definition) is 6. The van der Waals surface area contributed by atoms with E-state index in [4.69, 9.17) is 5.73 Å². The molecule has 1 saturated heterocycles. The number of nitrogens with zero attached hydrogens (tertiary/aromatic N) is 3. The Morgan fingerprint density at radius 1 is 1.65 bits per heavy atom. The molecule has 3 N–H and O–H groups in total. The predicted octanol–water partition coefficient (Wildman–Crippen LogP) is 1.26. The van der Waals surface area contributed by atoms with E-state index in [0.29, 0.717) is 31.7 Å². The van der Waals surface area contributed by atoms with Gasteiger partial charge in [-0.25, -0.2) is 4.98 Å². The molecule has 0 bridgehead atoms. The number of pyridine rings is 1. The molecule has 1 aliphatic heterocycles. The minimum absolute atomic E-state index is 0.156. The molecule has 1 atom stereocenters. The molecule has 0 aliphatic carbocycles. The summed E-state index contributed by atoms with van der Waals surface area (Å²) in [5, 5.41) is 20.0. The number of carboxylic acid groups (broad SMARTS) is 1. The molecule has 0 radical (unpaired) electrons. The minimum atomic E-state index is -0.822. The van der Waals surface area contributed by atoms with Crippen molar-refractivity contribution in [1.82, 2.24) is 4.98 Å². The molecule has 0 saturated carbocycles. The Bertz CT molecular complexity index is 562. The first-order valence-electron chi connectivity index (χ1n) is 6.29. The van der Waals surface area contributed by atoms with E-state index in [1.165, 1.54) is 12.1 Å². The van der Waals surface area contributed by atoms with E-state index in [1.54, 1.807) is 4.90 Å². The first-order chi connectivity index (χ1) is 9.39. The zero-order chi connectivity index (χ0) is 14.9. The van der Waals surface area contributed by atoms with Crippen LogP contribution in [0.3, 0.4) is 0 Å². The number of carboxylic acids is 1. The summed E-state index contributed by atoms with van der Waals surface area (Å²) < 4.78 is 0. The molecule has 1 aromatic heterocycles. The van der Waals surface area contributed by atoms with Crippen LogP contribution in [0.4, 0.5) is 17.3 Å². The maximum atomic E-state index is 11.4. The average molecular weight is 280 g/mol. The molecular formula is C12H16N4O4. The van der Waals surface area contributed by atoms with E-state index < -0.39 is 16.3 Å². The standard InChI is InChI=1S/C12H16N4O4/c1-2-12(11(17)18)5-6-15(7-12)9-4-3-8(16(19)20)10(13)14-9/h3-4H,2,5-7H2,1H3,(H2,13,14)(H,17,18). The van der Waals surface area contributed by atoms with Gasteiger partial charge in [-0.2, -0.15) is 0 Å². The van der Waals surface area contributed by atoms with Gasteiger partial charge < -0.3 is 15.7 Å². The number of aromatic nitrogens is 1. The van der Waals surface area contributed by atoms with Crippen LogP contribution in [0.25, 0.3) is 0 Å². The van der Waals surface area contributed by atoms with E-state index in [2.05, 4.69) is 4.98 Å². The third-order valence-electron chi connectivity index (χ3n) is 3.89. The van der Waals surface area contributed by atoms with Gasteiger partial charge in [-0.05, 0) is 18.9 Å². The molecule has 8 heteroatoms. The van der Waals surface area contributed by atoms with Crippen LogP contribution in [-0.4, -0.2) is 34.1 Å². The summed E-state index contributed by atoms with van der Waals surface area (Å²) in [5.41, 5.74) is 4.53. The quantitative estimate of drug-likeness (QED) is 0.628. The number of carbonyl (C=O) groups is 1. The molecule has 0 spiro atoms. The molecule has 1 aliphatic rings. The zero-order valence-electron chi connectivity index (χ0n) is 11.1. The van der Waals surface area contributed by atoms with Crippen LogP contribution in [0.1, 0.15) is 19.8 Å². The lowest BCUT2D eigenvalue weighted by molar-refractivity contribution is -0.384. The maximum Gasteiger partial charge on any atom is 0.311 e. The van der Waals surface area contributed by atoms with Gasteiger partial charge in [0.05, 0.1) is 10.3 Å². The van der Waals surface area contributed by atoms with Crippen LogP contribution in [0, 0.1) is 15.5 Å². The van der Waals surface area contributed by atoms with Crippen molar-refractivity contribution in [2.75, 3.05) is 23.7 Å². The minimum Gasteiger partial charge on any atom is -0.481 e. The highest BCUT2D eigenvalue weighted by Crippen LogP contribution is 2.36. The van der Waals surface area contributed by atoms with Crippen molar-refractivity contribution in [3.8, 4) is 0 Å². The predicted molar refractivity (Wildman–Crippen MR) is 72.5 cm³/mol. The van der Waals surface area contributed by atoms with Crippen molar-refractivity contribution >= 4 is 23.3 Å². The first kappa shape index (κ1) is 14.0. The average Bonchev–Trinajstić information content (AvgIpc) is 2.83. The van der Waals surface area contributed by atoms with Gasteiger partial charge in [0.25, 0.3) is 0 Å². The summed E-state index contributed by atoms with van der Waals surface area (Å²) in [4.78, 5) is 27.3. The van der Waals surface area contributed by atoms with Crippen molar-refractivity contribution in [3.63, 3.8) is 0 Å². The highest BCUT2D eigenvalue weighted by atomic mass is 16.6. The number of rotatable bonds is 4. The summed E-state index contributed by atoms with van der Waals surface area (Å²) in [7, 11) is 0. The van der Waals surface area contributed by atoms with Crippen LogP contribution >= 0.6 is 0 Å². The fraction of sp³-hybridized carbons (Fsp3) is 0.500. The molecule has 2 rings (SSSR count). The van der Waals surface area contributed by atoms with Crippen LogP contribution in [-0.2, 0) is 4.79 Å². The Hall–Kier alpha value is -2.38. The second-order valence-electron chi connectivity index (χ2n) is 4.94. The van der Waals surface area contributed by atoms with Gasteiger partial charge in [0.15, 0.2) is 0 Å². The van der Waals surface area contributed by atoms with Gasteiger partial charge in [-0.1, -0.05) is 6.92 Å². The SMILES string of the molecule is CCC1(C(=O)O)CCN(c2ccc([N+](=O)[O-])c(N)n2)C1. The number of aliphatic carboxylic acids is 1. The monoisotopic (exact) mass is 280 g/mol. The lowest BCUT2D eigenvalue weighted by Gasteiger charge is -2.23. The van der Waals surface area contributed by atoms with Gasteiger partial charge in [-0.3, -0.25) is 14.9 Å². The van der Waals surface area contributed by atoms with Crippen molar-refractivity contribution < 1.29 is 14.8 Å². The van der Waals surface area contributed by atoms with E-state index in [1.807, 2.05) is 6.92 Å². The smallest absolute Gasteiger partial charge is 0.311 e. The van der Waals surface area contributed by atoms with Crippen LogP contribution < -0.4 is 10.6 Å². The Morgan fingerprint density at radius 3 is 2.80 bits per heavy atom. The van der Waals surface area contributed by atoms with Crippen LogP contribution in [0.2, 0.25) is 0 Å². The summed E-state index contributed by atoms with van der Waals surface area (Å²) in [6.07, 6.45) is 1.05. The summed E-state index contributed by atoms with van der Waals surface area (Å²) in [6.45, 7) is 2.72. The molecule has 8 nitrogen and oxygen atoms in total. The Labute approximate surface area is 115 Å². The molecule has 108 valence electrons. The highest BCUT2D eigenvalue weighted by Gasteiger charge is 2.43. The third-order valence-corrected chi connectivity index (χ3v) is 3.89.